The quantitative estimate of drug-likeness (QED) is 0.422. The van der Waals surface area contributed by atoms with Gasteiger partial charge >= 0.3 is 0 Å². The second-order valence-corrected chi connectivity index (χ2v) is 4.98. The van der Waals surface area contributed by atoms with Crippen LogP contribution in [0.3, 0.4) is 0 Å². The molecule has 0 aliphatic carbocycles. The molecule has 1 aromatic heterocycles. The Morgan fingerprint density at radius 2 is 2.00 bits per heavy atom. The van der Waals surface area contributed by atoms with Crippen molar-refractivity contribution in [1.29, 1.82) is 0 Å². The number of aromatic nitrogens is 1. The molecule has 0 bridgehead atoms. The van der Waals surface area contributed by atoms with E-state index in [2.05, 4.69) is 4.98 Å². The molecule has 0 atom stereocenters. The van der Waals surface area contributed by atoms with E-state index in [1.165, 1.54) is 12.1 Å². The Hall–Kier alpha value is -2.40. The summed E-state index contributed by atoms with van der Waals surface area (Å²) in [6.45, 7) is 1.88. The van der Waals surface area contributed by atoms with Crippen molar-refractivity contribution in [3.63, 3.8) is 0 Å². The number of fused-ring (bicyclic) bond motifs is 2. The van der Waals surface area contributed by atoms with Crippen LogP contribution < -0.4 is 5.43 Å². The van der Waals surface area contributed by atoms with Crippen LogP contribution >= 0.6 is 11.6 Å². The number of halogens is 1. The van der Waals surface area contributed by atoms with E-state index >= 15 is 0 Å². The second kappa shape index (κ2) is 4.31. The van der Waals surface area contributed by atoms with Crippen molar-refractivity contribution in [2.24, 2.45) is 0 Å². The Bertz CT molecular complexity index is 931. The van der Waals surface area contributed by atoms with Gasteiger partial charge in [-0.25, -0.2) is 0 Å². The van der Waals surface area contributed by atoms with Crippen molar-refractivity contribution in [3.05, 3.63) is 61.3 Å². The molecule has 0 unspecified atom stereocenters. The van der Waals surface area contributed by atoms with E-state index in [4.69, 9.17) is 11.6 Å². The molecule has 3 rings (SSSR count). The van der Waals surface area contributed by atoms with Crippen molar-refractivity contribution in [2.75, 3.05) is 0 Å². The molecular formula is C14H9ClN2O3. The first-order valence-corrected chi connectivity index (χ1v) is 6.26. The molecule has 6 heteroatoms. The van der Waals surface area contributed by atoms with Gasteiger partial charge in [-0.05, 0) is 30.7 Å². The number of benzene rings is 2. The van der Waals surface area contributed by atoms with Crippen LogP contribution in [0, 0.1) is 17.0 Å². The molecule has 3 aromatic rings. The minimum atomic E-state index is -0.532. The molecule has 5 nitrogen and oxygen atoms in total. The van der Waals surface area contributed by atoms with Crippen LogP contribution in [0.4, 0.5) is 5.69 Å². The minimum absolute atomic E-state index is 0.150. The number of nitrogens with zero attached hydrogens (tertiary/aromatic N) is 1. The molecule has 0 aliphatic heterocycles. The van der Waals surface area contributed by atoms with Crippen LogP contribution in [0.15, 0.2) is 35.1 Å². The van der Waals surface area contributed by atoms with E-state index in [1.807, 2.05) is 13.0 Å². The molecular weight excluding hydrogens is 280 g/mol. The molecule has 1 heterocycles. The second-order valence-electron chi connectivity index (χ2n) is 4.58. The van der Waals surface area contributed by atoms with Crippen molar-refractivity contribution >= 4 is 39.1 Å². The zero-order valence-electron chi connectivity index (χ0n) is 10.4. The summed E-state index contributed by atoms with van der Waals surface area (Å²) in [6.07, 6.45) is 0. The summed E-state index contributed by atoms with van der Waals surface area (Å²) in [7, 11) is 0. The highest BCUT2D eigenvalue weighted by Gasteiger charge is 2.18. The van der Waals surface area contributed by atoms with Gasteiger partial charge in [0.05, 0.1) is 20.8 Å². The molecule has 2 aromatic carbocycles. The summed E-state index contributed by atoms with van der Waals surface area (Å²) < 4.78 is 0. The van der Waals surface area contributed by atoms with Crippen LogP contribution in [0.1, 0.15) is 5.56 Å². The highest BCUT2D eigenvalue weighted by atomic mass is 35.5. The number of rotatable bonds is 1. The lowest BCUT2D eigenvalue weighted by molar-refractivity contribution is -0.383. The number of pyridine rings is 1. The molecule has 20 heavy (non-hydrogen) atoms. The van der Waals surface area contributed by atoms with Crippen molar-refractivity contribution < 1.29 is 4.92 Å². The van der Waals surface area contributed by atoms with Gasteiger partial charge in [0.2, 0.25) is 0 Å². The van der Waals surface area contributed by atoms with E-state index in [-0.39, 0.29) is 27.0 Å². The largest absolute Gasteiger partial charge is 0.349 e. The summed E-state index contributed by atoms with van der Waals surface area (Å²) in [4.78, 5) is 26.0. The number of non-ortho nitro benzene ring substituents is 1. The van der Waals surface area contributed by atoms with Gasteiger partial charge in [-0.1, -0.05) is 17.7 Å². The van der Waals surface area contributed by atoms with Gasteiger partial charge in [0, 0.05) is 11.5 Å². The fourth-order valence-electron chi connectivity index (χ4n) is 2.30. The highest BCUT2D eigenvalue weighted by molar-refractivity contribution is 6.36. The lowest BCUT2D eigenvalue weighted by Crippen LogP contribution is -2.06. The predicted molar refractivity (Wildman–Crippen MR) is 78.5 cm³/mol. The third kappa shape index (κ3) is 1.75. The topological polar surface area (TPSA) is 76.0 Å². The van der Waals surface area contributed by atoms with Crippen LogP contribution in [-0.4, -0.2) is 9.91 Å². The van der Waals surface area contributed by atoms with Crippen molar-refractivity contribution in [3.8, 4) is 0 Å². The Morgan fingerprint density at radius 3 is 2.70 bits per heavy atom. The molecule has 100 valence electrons. The number of aryl methyl sites for hydroxylation is 1. The van der Waals surface area contributed by atoms with Gasteiger partial charge in [-0.2, -0.15) is 0 Å². The van der Waals surface area contributed by atoms with E-state index in [1.54, 1.807) is 12.1 Å². The summed E-state index contributed by atoms with van der Waals surface area (Å²) in [5.74, 6) is 0. The number of hydrogen-bond acceptors (Lipinski definition) is 3. The van der Waals surface area contributed by atoms with E-state index in [9.17, 15) is 14.9 Å². The maximum absolute atomic E-state index is 12.5. The van der Waals surface area contributed by atoms with Crippen LogP contribution in [0.2, 0.25) is 5.02 Å². The van der Waals surface area contributed by atoms with Crippen molar-refractivity contribution in [1.82, 2.24) is 4.98 Å². The monoisotopic (exact) mass is 288 g/mol. The van der Waals surface area contributed by atoms with Gasteiger partial charge < -0.3 is 4.98 Å². The molecule has 0 saturated heterocycles. The SMILES string of the molecule is Cc1ccc2c(=O)c3c(Cl)ccc([N+](=O)[O-])c3[nH]c2c1. The van der Waals surface area contributed by atoms with Gasteiger partial charge in [0.15, 0.2) is 5.43 Å². The fourth-order valence-corrected chi connectivity index (χ4v) is 2.54. The van der Waals surface area contributed by atoms with E-state index in [0.29, 0.717) is 10.9 Å². The average molecular weight is 289 g/mol. The van der Waals surface area contributed by atoms with E-state index < -0.39 is 4.92 Å². The molecule has 0 spiro atoms. The zero-order chi connectivity index (χ0) is 14.4. The first-order chi connectivity index (χ1) is 9.49. The predicted octanol–water partition coefficient (Wildman–Crippen LogP) is 3.55. The maximum Gasteiger partial charge on any atom is 0.293 e. The Labute approximate surface area is 117 Å². The van der Waals surface area contributed by atoms with Crippen LogP contribution in [-0.2, 0) is 0 Å². The van der Waals surface area contributed by atoms with Gasteiger partial charge in [0.25, 0.3) is 5.69 Å². The van der Waals surface area contributed by atoms with Crippen LogP contribution in [0.25, 0.3) is 21.8 Å². The van der Waals surface area contributed by atoms with Gasteiger partial charge in [-0.15, -0.1) is 0 Å². The van der Waals surface area contributed by atoms with Crippen molar-refractivity contribution in [2.45, 2.75) is 6.92 Å². The Kier molecular flexibility index (Phi) is 2.72. The van der Waals surface area contributed by atoms with Crippen LogP contribution in [0.5, 0.6) is 0 Å². The molecule has 0 amide bonds. The van der Waals surface area contributed by atoms with Gasteiger partial charge in [-0.3, -0.25) is 14.9 Å². The lowest BCUT2D eigenvalue weighted by Gasteiger charge is -2.05. The number of aromatic amines is 1. The zero-order valence-corrected chi connectivity index (χ0v) is 11.2. The molecule has 0 fully saturated rings. The first-order valence-electron chi connectivity index (χ1n) is 5.88. The Morgan fingerprint density at radius 1 is 1.25 bits per heavy atom. The maximum atomic E-state index is 12.5. The third-order valence-electron chi connectivity index (χ3n) is 3.24. The lowest BCUT2D eigenvalue weighted by atomic mass is 10.1. The smallest absolute Gasteiger partial charge is 0.293 e. The van der Waals surface area contributed by atoms with E-state index in [0.717, 1.165) is 5.56 Å². The van der Waals surface area contributed by atoms with Gasteiger partial charge in [0.1, 0.15) is 5.52 Å². The number of nitro benzene ring substituents is 1. The Balaban J connectivity index is 2.62. The summed E-state index contributed by atoms with van der Waals surface area (Å²) in [6, 6.07) is 7.95. The fraction of sp³-hybridized carbons (Fsp3) is 0.0714. The molecule has 0 aliphatic rings. The molecule has 0 saturated carbocycles. The third-order valence-corrected chi connectivity index (χ3v) is 3.55. The summed E-state index contributed by atoms with van der Waals surface area (Å²) in [5.41, 5.74) is 1.21. The normalized spacial score (nSPS) is 11.1. The number of hydrogen-bond donors (Lipinski definition) is 1. The molecule has 0 radical (unpaired) electrons. The summed E-state index contributed by atoms with van der Waals surface area (Å²) in [5, 5.41) is 11.9. The highest BCUT2D eigenvalue weighted by Crippen LogP contribution is 2.29. The average Bonchev–Trinajstić information content (AvgIpc) is 2.38. The number of H-pyrrole nitrogens is 1. The summed E-state index contributed by atoms with van der Waals surface area (Å²) >= 11 is 6.03. The minimum Gasteiger partial charge on any atom is -0.349 e. The molecule has 1 N–H and O–H groups in total. The standard InChI is InChI=1S/C14H9ClN2O3/c1-7-2-3-8-10(6-7)16-13-11(17(19)20)5-4-9(15)12(13)14(8)18/h2-6H,1H3,(H,16,18). The number of nitrogens with one attached hydrogen (secondary N) is 1. The first kappa shape index (κ1) is 12.6. The number of nitro groups is 1.